The lowest BCUT2D eigenvalue weighted by Crippen LogP contribution is -2.45. The van der Waals surface area contributed by atoms with Gasteiger partial charge in [-0.1, -0.05) is 62.7 Å². The maximum atomic E-state index is 14.6. The molecule has 2 aromatic carbocycles. The van der Waals surface area contributed by atoms with Crippen LogP contribution in [0.15, 0.2) is 54.6 Å². The van der Waals surface area contributed by atoms with Gasteiger partial charge in [-0.05, 0) is 37.0 Å². The van der Waals surface area contributed by atoms with Gasteiger partial charge in [0.25, 0.3) is 5.91 Å². The number of carboxylic acids is 1. The first-order valence-electron chi connectivity index (χ1n) is 11.6. The second kappa shape index (κ2) is 10.5. The second-order valence-electron chi connectivity index (χ2n) is 10.1. The molecule has 1 amide bonds. The number of amides is 1. The van der Waals surface area contributed by atoms with E-state index in [0.717, 1.165) is 10.2 Å². The summed E-state index contributed by atoms with van der Waals surface area (Å²) >= 11 is 0. The lowest BCUT2D eigenvalue weighted by molar-refractivity contribution is -0.137. The molecule has 0 radical (unpaired) electrons. The molecule has 0 fully saturated rings. The van der Waals surface area contributed by atoms with Gasteiger partial charge in [0.2, 0.25) is 5.88 Å². The maximum Gasteiger partial charge on any atom is 0.305 e. The van der Waals surface area contributed by atoms with Gasteiger partial charge >= 0.3 is 5.97 Å². The molecule has 0 saturated heterocycles. The SMILES string of the molecule is Cc1cccc([C@H](CC(=O)O)NC(=O)c2cc(OC[C@](C)(O)C(C)(C)C)n(-c3ccccc3F)n2)c1. The van der Waals surface area contributed by atoms with Crippen molar-refractivity contribution in [1.82, 2.24) is 15.1 Å². The molecule has 36 heavy (non-hydrogen) atoms. The van der Waals surface area contributed by atoms with Crippen molar-refractivity contribution in [3.8, 4) is 11.6 Å². The number of hydrogen-bond donors (Lipinski definition) is 3. The smallest absolute Gasteiger partial charge is 0.305 e. The van der Waals surface area contributed by atoms with Crippen LogP contribution in [0.4, 0.5) is 4.39 Å². The fourth-order valence-electron chi connectivity index (χ4n) is 3.35. The summed E-state index contributed by atoms with van der Waals surface area (Å²) in [5, 5.41) is 27.2. The number of aliphatic hydroxyl groups is 1. The highest BCUT2D eigenvalue weighted by Crippen LogP contribution is 2.31. The predicted molar refractivity (Wildman–Crippen MR) is 133 cm³/mol. The molecule has 1 heterocycles. The van der Waals surface area contributed by atoms with E-state index < -0.39 is 34.8 Å². The van der Waals surface area contributed by atoms with Crippen LogP contribution in [-0.2, 0) is 4.79 Å². The Kier molecular flexibility index (Phi) is 7.83. The van der Waals surface area contributed by atoms with E-state index in [-0.39, 0.29) is 30.3 Å². The van der Waals surface area contributed by atoms with Crippen molar-refractivity contribution >= 4 is 11.9 Å². The molecule has 2 atom stereocenters. The minimum Gasteiger partial charge on any atom is -0.481 e. The summed E-state index contributed by atoms with van der Waals surface area (Å²) in [4.78, 5) is 24.6. The van der Waals surface area contributed by atoms with Crippen LogP contribution in [0, 0.1) is 18.2 Å². The van der Waals surface area contributed by atoms with Crippen molar-refractivity contribution < 1.29 is 28.9 Å². The molecule has 0 aliphatic carbocycles. The zero-order valence-corrected chi connectivity index (χ0v) is 21.1. The highest BCUT2D eigenvalue weighted by molar-refractivity contribution is 5.93. The molecule has 0 aliphatic heterocycles. The average Bonchev–Trinajstić information content (AvgIpc) is 3.21. The number of aromatic nitrogens is 2. The quantitative estimate of drug-likeness (QED) is 0.403. The monoisotopic (exact) mass is 497 g/mol. The van der Waals surface area contributed by atoms with Gasteiger partial charge in [0, 0.05) is 6.07 Å². The largest absolute Gasteiger partial charge is 0.481 e. The number of nitrogens with zero attached hydrogens (tertiary/aromatic N) is 2. The number of hydrogen-bond acceptors (Lipinski definition) is 5. The summed E-state index contributed by atoms with van der Waals surface area (Å²) in [7, 11) is 0. The third kappa shape index (κ3) is 6.28. The van der Waals surface area contributed by atoms with Crippen LogP contribution in [0.3, 0.4) is 0 Å². The molecule has 3 rings (SSSR count). The van der Waals surface area contributed by atoms with E-state index in [2.05, 4.69) is 10.4 Å². The summed E-state index contributed by atoms with van der Waals surface area (Å²) in [6, 6.07) is 13.6. The van der Waals surface area contributed by atoms with Crippen LogP contribution >= 0.6 is 0 Å². The first kappa shape index (κ1) is 26.9. The predicted octanol–water partition coefficient (Wildman–Crippen LogP) is 4.44. The Hall–Kier alpha value is -3.72. The average molecular weight is 498 g/mol. The van der Waals surface area contributed by atoms with E-state index in [1.54, 1.807) is 31.2 Å². The Morgan fingerprint density at radius 1 is 1.11 bits per heavy atom. The summed E-state index contributed by atoms with van der Waals surface area (Å²) < 4.78 is 21.6. The highest BCUT2D eigenvalue weighted by atomic mass is 19.1. The van der Waals surface area contributed by atoms with Gasteiger partial charge in [-0.15, -0.1) is 0 Å². The Labute approximate surface area is 209 Å². The number of carboxylic acid groups (broad SMARTS) is 1. The van der Waals surface area contributed by atoms with Crippen LogP contribution in [0.5, 0.6) is 5.88 Å². The van der Waals surface area contributed by atoms with Gasteiger partial charge in [-0.2, -0.15) is 9.78 Å². The van der Waals surface area contributed by atoms with Crippen molar-refractivity contribution in [2.75, 3.05) is 6.61 Å². The summed E-state index contributed by atoms with van der Waals surface area (Å²) in [6.45, 7) is 8.94. The van der Waals surface area contributed by atoms with Gasteiger partial charge < -0.3 is 20.3 Å². The standard InChI is InChI=1S/C27H32FN3O5/c1-17-9-8-10-18(13-17)20(15-24(32)33)29-25(34)21-14-23(36-16-27(5,35)26(2,3)4)31(30-21)22-12-7-6-11-19(22)28/h6-14,20,35H,15-16H2,1-5H3,(H,29,34)(H,32,33)/t20-,27-/m0/s1. The normalized spacial score (nSPS) is 14.1. The van der Waals surface area contributed by atoms with E-state index in [1.807, 2.05) is 33.8 Å². The second-order valence-corrected chi connectivity index (χ2v) is 10.1. The van der Waals surface area contributed by atoms with Gasteiger partial charge in [0.05, 0.1) is 12.5 Å². The number of nitrogens with one attached hydrogen (secondary N) is 1. The molecule has 192 valence electrons. The molecule has 0 saturated carbocycles. The van der Waals surface area contributed by atoms with Gasteiger partial charge in [0.15, 0.2) is 5.69 Å². The zero-order chi connectivity index (χ0) is 26.7. The number of carbonyl (C=O) groups excluding carboxylic acids is 1. The highest BCUT2D eigenvalue weighted by Gasteiger charge is 2.36. The topological polar surface area (TPSA) is 114 Å². The van der Waals surface area contributed by atoms with Gasteiger partial charge in [-0.3, -0.25) is 9.59 Å². The van der Waals surface area contributed by atoms with E-state index in [1.165, 1.54) is 24.3 Å². The molecule has 3 aromatic rings. The van der Waals surface area contributed by atoms with Crippen molar-refractivity contribution in [3.05, 3.63) is 77.2 Å². The lowest BCUT2D eigenvalue weighted by atomic mass is 9.78. The van der Waals surface area contributed by atoms with Crippen LogP contribution < -0.4 is 10.1 Å². The summed E-state index contributed by atoms with van der Waals surface area (Å²) in [5.41, 5.74) is -0.236. The number of carbonyl (C=O) groups is 2. The van der Waals surface area contributed by atoms with E-state index in [0.29, 0.717) is 5.56 Å². The van der Waals surface area contributed by atoms with Crippen LogP contribution in [0.2, 0.25) is 0 Å². The molecule has 3 N–H and O–H groups in total. The minimum absolute atomic E-state index is 0.0557. The van der Waals surface area contributed by atoms with E-state index >= 15 is 0 Å². The van der Waals surface area contributed by atoms with Crippen molar-refractivity contribution in [2.45, 2.75) is 52.7 Å². The maximum absolute atomic E-state index is 14.6. The van der Waals surface area contributed by atoms with Crippen molar-refractivity contribution in [3.63, 3.8) is 0 Å². The Balaban J connectivity index is 1.96. The number of rotatable bonds is 9. The molecule has 1 aromatic heterocycles. The van der Waals surface area contributed by atoms with Crippen molar-refractivity contribution in [2.24, 2.45) is 5.41 Å². The Morgan fingerprint density at radius 3 is 2.42 bits per heavy atom. The number of ether oxygens (including phenoxy) is 1. The number of para-hydroxylation sites is 1. The molecule has 0 spiro atoms. The molecule has 8 nitrogen and oxygen atoms in total. The van der Waals surface area contributed by atoms with E-state index in [4.69, 9.17) is 4.74 Å². The van der Waals surface area contributed by atoms with Gasteiger partial charge in [0.1, 0.15) is 23.7 Å². The first-order chi connectivity index (χ1) is 16.8. The summed E-state index contributed by atoms with van der Waals surface area (Å²) in [5.74, 6) is -2.25. The molecule has 9 heteroatoms. The fourth-order valence-corrected chi connectivity index (χ4v) is 3.35. The molecular weight excluding hydrogens is 465 g/mol. The number of aryl methyl sites for hydroxylation is 1. The molecule has 0 aliphatic rings. The number of halogens is 1. The number of aliphatic carboxylic acids is 1. The fraction of sp³-hybridized carbons (Fsp3) is 0.370. The van der Waals surface area contributed by atoms with Crippen LogP contribution in [0.1, 0.15) is 61.8 Å². The third-order valence-corrected chi connectivity index (χ3v) is 6.24. The molecular formula is C27H32FN3O5. The van der Waals surface area contributed by atoms with E-state index in [9.17, 15) is 24.2 Å². The molecule has 0 unspecified atom stereocenters. The lowest BCUT2D eigenvalue weighted by Gasteiger charge is -2.36. The van der Waals surface area contributed by atoms with Crippen molar-refractivity contribution in [1.29, 1.82) is 0 Å². The van der Waals surface area contributed by atoms with Crippen LogP contribution in [-0.4, -0.2) is 44.1 Å². The first-order valence-corrected chi connectivity index (χ1v) is 11.6. The zero-order valence-electron chi connectivity index (χ0n) is 21.1. The number of benzene rings is 2. The van der Waals surface area contributed by atoms with Crippen LogP contribution in [0.25, 0.3) is 5.69 Å². The Bertz CT molecular complexity index is 1250. The third-order valence-electron chi connectivity index (χ3n) is 6.24. The Morgan fingerprint density at radius 2 is 1.81 bits per heavy atom. The van der Waals surface area contributed by atoms with Gasteiger partial charge in [-0.25, -0.2) is 4.39 Å². The molecule has 0 bridgehead atoms. The summed E-state index contributed by atoms with van der Waals surface area (Å²) in [6.07, 6.45) is -0.332. The minimum atomic E-state index is -1.24.